The molecule has 1 aliphatic heterocycles. The number of halogens is 3. The third-order valence-corrected chi connectivity index (χ3v) is 6.58. The molecule has 1 saturated carbocycles. The number of sulfonamides is 1. The predicted octanol–water partition coefficient (Wildman–Crippen LogP) is 2.75. The Hall–Kier alpha value is -1.12. The molecule has 1 heterocycles. The molecule has 1 aromatic carbocycles. The number of alkyl halides is 3. The van der Waals surface area contributed by atoms with Gasteiger partial charge in [-0.1, -0.05) is 12.1 Å². The molecule has 0 amide bonds. The largest absolute Gasteiger partial charge is 0.416 e. The fourth-order valence-electron chi connectivity index (χ4n) is 2.97. The molecule has 8 heteroatoms. The molecular weight excluding hydrogens is 341 g/mol. The number of nitrogens with zero attached hydrogens (tertiary/aromatic N) is 1. The van der Waals surface area contributed by atoms with Gasteiger partial charge in [-0.25, -0.2) is 13.1 Å². The van der Waals surface area contributed by atoms with Crippen LogP contribution in [0.3, 0.4) is 0 Å². The van der Waals surface area contributed by atoms with Crippen LogP contribution in [0.1, 0.15) is 36.8 Å². The van der Waals surface area contributed by atoms with Crippen molar-refractivity contribution in [2.75, 3.05) is 13.1 Å². The van der Waals surface area contributed by atoms with Gasteiger partial charge in [0, 0.05) is 25.7 Å². The topological polar surface area (TPSA) is 49.4 Å². The third kappa shape index (κ3) is 4.49. The van der Waals surface area contributed by atoms with Gasteiger partial charge < -0.3 is 0 Å². The van der Waals surface area contributed by atoms with E-state index in [1.807, 2.05) is 0 Å². The van der Waals surface area contributed by atoms with Crippen LogP contribution in [0, 0.1) is 0 Å². The number of nitrogens with one attached hydrogen (secondary N) is 1. The molecule has 1 aromatic rings. The Morgan fingerprint density at radius 1 is 1.04 bits per heavy atom. The molecule has 2 fully saturated rings. The van der Waals surface area contributed by atoms with Crippen LogP contribution in [0.2, 0.25) is 0 Å². The van der Waals surface area contributed by atoms with Crippen LogP contribution in [-0.2, 0) is 22.7 Å². The summed E-state index contributed by atoms with van der Waals surface area (Å²) in [5.41, 5.74) is 0.194. The molecule has 0 atom stereocenters. The number of benzene rings is 1. The van der Waals surface area contributed by atoms with Crippen molar-refractivity contribution in [2.24, 2.45) is 0 Å². The number of piperidine rings is 1. The minimum absolute atomic E-state index is 0.0283. The molecule has 0 radical (unpaired) electrons. The molecule has 0 spiro atoms. The van der Waals surface area contributed by atoms with E-state index in [0.717, 1.165) is 56.5 Å². The maximum absolute atomic E-state index is 12.6. The first kappa shape index (κ1) is 17.7. The normalized spacial score (nSPS) is 21.1. The van der Waals surface area contributed by atoms with E-state index >= 15 is 0 Å². The Morgan fingerprint density at radius 2 is 1.62 bits per heavy atom. The Balaban J connectivity index is 1.48. The maximum Gasteiger partial charge on any atom is 0.416 e. The number of likely N-dealkylation sites (tertiary alicyclic amines) is 1. The lowest BCUT2D eigenvalue weighted by molar-refractivity contribution is -0.137. The van der Waals surface area contributed by atoms with Crippen LogP contribution < -0.4 is 4.72 Å². The molecule has 1 aliphatic carbocycles. The van der Waals surface area contributed by atoms with Crippen molar-refractivity contribution in [1.29, 1.82) is 0 Å². The monoisotopic (exact) mass is 362 g/mol. The van der Waals surface area contributed by atoms with Crippen molar-refractivity contribution >= 4 is 10.0 Å². The zero-order chi connectivity index (χ0) is 17.4. The summed E-state index contributed by atoms with van der Waals surface area (Å²) in [4.78, 5) is 2.14. The SMILES string of the molecule is O=S(=O)(NC1CCN(Cc2ccc(C(F)(F)F)cc2)CC1)C1CC1. The number of hydrogen-bond donors (Lipinski definition) is 1. The highest BCUT2D eigenvalue weighted by atomic mass is 32.2. The second kappa shape index (κ2) is 6.65. The van der Waals surface area contributed by atoms with Crippen LogP contribution >= 0.6 is 0 Å². The van der Waals surface area contributed by atoms with Crippen LogP contribution in [0.25, 0.3) is 0 Å². The molecule has 4 nitrogen and oxygen atoms in total. The van der Waals surface area contributed by atoms with E-state index in [1.54, 1.807) is 0 Å². The van der Waals surface area contributed by atoms with Gasteiger partial charge in [0.15, 0.2) is 0 Å². The second-order valence-electron chi connectivity index (χ2n) is 6.61. The van der Waals surface area contributed by atoms with Gasteiger partial charge in [0.25, 0.3) is 0 Å². The minimum Gasteiger partial charge on any atom is -0.299 e. The average molecular weight is 362 g/mol. The highest BCUT2D eigenvalue weighted by molar-refractivity contribution is 7.90. The lowest BCUT2D eigenvalue weighted by Gasteiger charge is -2.32. The van der Waals surface area contributed by atoms with Gasteiger partial charge in [0.1, 0.15) is 0 Å². The summed E-state index contributed by atoms with van der Waals surface area (Å²) in [5.74, 6) is 0. The zero-order valence-electron chi connectivity index (χ0n) is 13.2. The summed E-state index contributed by atoms with van der Waals surface area (Å²) < 4.78 is 64.3. The first-order valence-electron chi connectivity index (χ1n) is 8.14. The van der Waals surface area contributed by atoms with E-state index in [0.29, 0.717) is 6.54 Å². The first-order valence-corrected chi connectivity index (χ1v) is 9.68. The van der Waals surface area contributed by atoms with E-state index in [4.69, 9.17) is 0 Å². The summed E-state index contributed by atoms with van der Waals surface area (Å²) >= 11 is 0. The van der Waals surface area contributed by atoms with Gasteiger partial charge >= 0.3 is 6.18 Å². The highest BCUT2D eigenvalue weighted by Gasteiger charge is 2.37. The minimum atomic E-state index is -4.31. The predicted molar refractivity (Wildman–Crippen MR) is 84.8 cm³/mol. The molecule has 0 bridgehead atoms. The van der Waals surface area contributed by atoms with E-state index in [1.165, 1.54) is 12.1 Å². The van der Waals surface area contributed by atoms with E-state index in [-0.39, 0.29) is 11.3 Å². The van der Waals surface area contributed by atoms with Crippen LogP contribution in [0.5, 0.6) is 0 Å². The molecular formula is C16H21F3N2O2S. The van der Waals surface area contributed by atoms with Crippen molar-refractivity contribution in [3.8, 4) is 0 Å². The van der Waals surface area contributed by atoms with Crippen LogP contribution in [-0.4, -0.2) is 37.7 Å². The van der Waals surface area contributed by atoms with Crippen molar-refractivity contribution in [3.05, 3.63) is 35.4 Å². The van der Waals surface area contributed by atoms with E-state index in [2.05, 4.69) is 9.62 Å². The molecule has 2 aliphatic rings. The highest BCUT2D eigenvalue weighted by Crippen LogP contribution is 2.30. The lowest BCUT2D eigenvalue weighted by atomic mass is 10.0. The Kier molecular flexibility index (Phi) is 4.90. The van der Waals surface area contributed by atoms with Gasteiger partial charge in [-0.15, -0.1) is 0 Å². The van der Waals surface area contributed by atoms with Gasteiger partial charge in [-0.05, 0) is 43.4 Å². The van der Waals surface area contributed by atoms with Crippen molar-refractivity contribution < 1.29 is 21.6 Å². The van der Waals surface area contributed by atoms with Crippen molar-refractivity contribution in [1.82, 2.24) is 9.62 Å². The standard InChI is InChI=1S/C16H21F3N2O2S/c17-16(18,19)13-3-1-12(2-4-13)11-21-9-7-14(8-10-21)20-24(22,23)15-5-6-15/h1-4,14-15,20H,5-11H2. The van der Waals surface area contributed by atoms with Crippen molar-refractivity contribution in [2.45, 2.75) is 49.7 Å². The molecule has 1 saturated heterocycles. The molecule has 1 N–H and O–H groups in total. The number of rotatable bonds is 5. The Morgan fingerprint density at radius 3 is 2.12 bits per heavy atom. The van der Waals surface area contributed by atoms with Gasteiger partial charge in [-0.2, -0.15) is 13.2 Å². The second-order valence-corrected chi connectivity index (χ2v) is 8.60. The average Bonchev–Trinajstić information content (AvgIpc) is 3.34. The molecule has 134 valence electrons. The summed E-state index contributed by atoms with van der Waals surface area (Å²) in [5, 5.41) is -0.206. The lowest BCUT2D eigenvalue weighted by Crippen LogP contribution is -2.45. The summed E-state index contributed by atoms with van der Waals surface area (Å²) in [6, 6.07) is 5.19. The van der Waals surface area contributed by atoms with Gasteiger partial charge in [-0.3, -0.25) is 4.90 Å². The fourth-order valence-corrected chi connectivity index (χ4v) is 4.62. The van der Waals surface area contributed by atoms with Gasteiger partial charge in [0.05, 0.1) is 10.8 Å². The number of hydrogen-bond acceptors (Lipinski definition) is 3. The molecule has 24 heavy (non-hydrogen) atoms. The third-order valence-electron chi connectivity index (χ3n) is 4.57. The summed E-state index contributed by atoms with van der Waals surface area (Å²) in [7, 11) is -3.16. The van der Waals surface area contributed by atoms with E-state index in [9.17, 15) is 21.6 Å². The quantitative estimate of drug-likeness (QED) is 0.876. The van der Waals surface area contributed by atoms with Gasteiger partial charge in [0.2, 0.25) is 10.0 Å². The van der Waals surface area contributed by atoms with Crippen LogP contribution in [0.4, 0.5) is 13.2 Å². The summed E-state index contributed by atoms with van der Waals surface area (Å²) in [6.07, 6.45) is -1.35. The van der Waals surface area contributed by atoms with Crippen molar-refractivity contribution in [3.63, 3.8) is 0 Å². The summed E-state index contributed by atoms with van der Waals surface area (Å²) in [6.45, 7) is 2.05. The maximum atomic E-state index is 12.6. The fraction of sp³-hybridized carbons (Fsp3) is 0.625. The molecule has 3 rings (SSSR count). The van der Waals surface area contributed by atoms with Crippen LogP contribution in [0.15, 0.2) is 24.3 Å². The molecule has 0 unspecified atom stereocenters. The Bertz CT molecular complexity index is 662. The smallest absolute Gasteiger partial charge is 0.299 e. The Labute approximate surface area is 140 Å². The molecule has 0 aromatic heterocycles. The van der Waals surface area contributed by atoms with E-state index < -0.39 is 21.8 Å². The zero-order valence-corrected chi connectivity index (χ0v) is 14.0. The first-order chi connectivity index (χ1) is 11.2.